The summed E-state index contributed by atoms with van der Waals surface area (Å²) in [5.41, 5.74) is 7.69. The molecular weight excluding hydrogens is 342 g/mol. The second-order valence-electron chi connectivity index (χ2n) is 5.51. The van der Waals surface area contributed by atoms with Gasteiger partial charge in [0.2, 0.25) is 0 Å². The van der Waals surface area contributed by atoms with Crippen molar-refractivity contribution in [2.75, 3.05) is 25.6 Å². The van der Waals surface area contributed by atoms with Crippen molar-refractivity contribution in [3.8, 4) is 17.2 Å². The highest BCUT2D eigenvalue weighted by molar-refractivity contribution is 6.32. The minimum Gasteiger partial charge on any atom is -0.495 e. The molecule has 3 rings (SSSR count). The Hall–Kier alpha value is -2.60. The first-order valence-corrected chi connectivity index (χ1v) is 8.32. The third-order valence-corrected chi connectivity index (χ3v) is 3.96. The standard InChI is InChI=1S/C18H20ClN3O3/c1-23-15-5-3-12(9-14(15)19)11-21-18(20)22-13-4-6-16-17(10-13)25-8-2-7-24-16/h3-6,9-10H,2,7-8,11H2,1H3,(H3,20,21,22). The molecule has 1 aliphatic rings. The van der Waals surface area contributed by atoms with Gasteiger partial charge in [-0.05, 0) is 29.8 Å². The maximum absolute atomic E-state index is 6.11. The van der Waals surface area contributed by atoms with Crippen molar-refractivity contribution in [3.63, 3.8) is 0 Å². The molecule has 132 valence electrons. The highest BCUT2D eigenvalue weighted by Crippen LogP contribution is 2.32. The van der Waals surface area contributed by atoms with Crippen molar-refractivity contribution in [1.29, 1.82) is 0 Å². The molecule has 7 heteroatoms. The van der Waals surface area contributed by atoms with E-state index in [2.05, 4.69) is 10.3 Å². The molecule has 2 aromatic carbocycles. The molecule has 1 heterocycles. The largest absolute Gasteiger partial charge is 0.495 e. The van der Waals surface area contributed by atoms with Crippen LogP contribution in [-0.2, 0) is 6.54 Å². The maximum atomic E-state index is 6.11. The molecule has 2 aromatic rings. The Balaban J connectivity index is 1.65. The number of nitrogens with zero attached hydrogens (tertiary/aromatic N) is 1. The van der Waals surface area contributed by atoms with Gasteiger partial charge in [0.25, 0.3) is 0 Å². The third-order valence-electron chi connectivity index (χ3n) is 3.67. The molecule has 0 aromatic heterocycles. The van der Waals surface area contributed by atoms with Crippen LogP contribution in [0, 0.1) is 0 Å². The van der Waals surface area contributed by atoms with Gasteiger partial charge in [0, 0.05) is 18.2 Å². The molecule has 3 N–H and O–H groups in total. The monoisotopic (exact) mass is 361 g/mol. The number of aliphatic imine (C=N–C) groups is 1. The fraction of sp³-hybridized carbons (Fsp3) is 0.278. The molecule has 25 heavy (non-hydrogen) atoms. The Kier molecular flexibility index (Phi) is 5.50. The quantitative estimate of drug-likeness (QED) is 0.644. The lowest BCUT2D eigenvalue weighted by atomic mass is 10.2. The molecule has 0 bridgehead atoms. The van der Waals surface area contributed by atoms with Crippen LogP contribution in [0.4, 0.5) is 5.69 Å². The zero-order valence-corrected chi connectivity index (χ0v) is 14.7. The number of benzene rings is 2. The van der Waals surface area contributed by atoms with E-state index in [1.165, 1.54) is 0 Å². The van der Waals surface area contributed by atoms with E-state index in [1.54, 1.807) is 13.2 Å². The fourth-order valence-corrected chi connectivity index (χ4v) is 2.69. The van der Waals surface area contributed by atoms with E-state index >= 15 is 0 Å². The van der Waals surface area contributed by atoms with Crippen LogP contribution in [0.2, 0.25) is 5.02 Å². The van der Waals surface area contributed by atoms with Crippen molar-refractivity contribution in [2.45, 2.75) is 13.0 Å². The highest BCUT2D eigenvalue weighted by Gasteiger charge is 2.11. The first kappa shape index (κ1) is 17.2. The SMILES string of the molecule is COc1ccc(CN=C(N)Nc2ccc3c(c2)OCCCO3)cc1Cl. The summed E-state index contributed by atoms with van der Waals surface area (Å²) in [5, 5.41) is 3.60. The molecule has 0 aliphatic carbocycles. The number of ether oxygens (including phenoxy) is 3. The number of nitrogens with two attached hydrogens (primary N) is 1. The van der Waals surface area contributed by atoms with E-state index in [0.29, 0.717) is 42.2 Å². The fourth-order valence-electron chi connectivity index (χ4n) is 2.41. The predicted molar refractivity (Wildman–Crippen MR) is 99.0 cm³/mol. The van der Waals surface area contributed by atoms with Crippen LogP contribution in [-0.4, -0.2) is 26.3 Å². The van der Waals surface area contributed by atoms with Gasteiger partial charge in [-0.15, -0.1) is 0 Å². The molecule has 1 aliphatic heterocycles. The zero-order chi connectivity index (χ0) is 17.6. The molecule has 0 atom stereocenters. The first-order valence-electron chi connectivity index (χ1n) is 7.95. The second-order valence-corrected chi connectivity index (χ2v) is 5.91. The van der Waals surface area contributed by atoms with Gasteiger partial charge < -0.3 is 25.3 Å². The van der Waals surface area contributed by atoms with Gasteiger partial charge >= 0.3 is 0 Å². The normalized spacial score (nSPS) is 13.9. The smallest absolute Gasteiger partial charge is 0.193 e. The third kappa shape index (κ3) is 4.48. The summed E-state index contributed by atoms with van der Waals surface area (Å²) in [6.45, 7) is 1.71. The molecule has 0 unspecified atom stereocenters. The Morgan fingerprint density at radius 2 is 2.00 bits per heavy atom. The van der Waals surface area contributed by atoms with Crippen LogP contribution in [0.25, 0.3) is 0 Å². The summed E-state index contributed by atoms with van der Waals surface area (Å²) in [5.74, 6) is 2.39. The number of halogens is 1. The van der Waals surface area contributed by atoms with Gasteiger partial charge in [0.1, 0.15) is 5.75 Å². The minimum absolute atomic E-state index is 0.307. The number of rotatable bonds is 4. The van der Waals surface area contributed by atoms with Gasteiger partial charge in [-0.3, -0.25) is 0 Å². The number of methoxy groups -OCH3 is 1. The molecule has 0 amide bonds. The topological polar surface area (TPSA) is 78.1 Å². The summed E-state index contributed by atoms with van der Waals surface area (Å²) in [4.78, 5) is 4.33. The molecule has 0 radical (unpaired) electrons. The summed E-state index contributed by atoms with van der Waals surface area (Å²) >= 11 is 6.11. The second kappa shape index (κ2) is 7.98. The van der Waals surface area contributed by atoms with Crippen LogP contribution in [0.3, 0.4) is 0 Å². The number of fused-ring (bicyclic) bond motifs is 1. The lowest BCUT2D eigenvalue weighted by Crippen LogP contribution is -2.22. The van der Waals surface area contributed by atoms with Gasteiger partial charge in [-0.25, -0.2) is 4.99 Å². The number of anilines is 1. The Morgan fingerprint density at radius 1 is 1.20 bits per heavy atom. The first-order chi connectivity index (χ1) is 12.2. The van der Waals surface area contributed by atoms with E-state index in [4.69, 9.17) is 31.5 Å². The lowest BCUT2D eigenvalue weighted by Gasteiger charge is -2.11. The summed E-state index contributed by atoms with van der Waals surface area (Å²) < 4.78 is 16.4. The van der Waals surface area contributed by atoms with E-state index in [9.17, 15) is 0 Å². The predicted octanol–water partition coefficient (Wildman–Crippen LogP) is 3.44. The van der Waals surface area contributed by atoms with Crippen LogP contribution in [0.15, 0.2) is 41.4 Å². The van der Waals surface area contributed by atoms with E-state index in [0.717, 1.165) is 23.4 Å². The number of hydrogen-bond acceptors (Lipinski definition) is 4. The molecule has 0 saturated carbocycles. The average Bonchev–Trinajstić information content (AvgIpc) is 2.85. The minimum atomic E-state index is 0.307. The molecule has 6 nitrogen and oxygen atoms in total. The van der Waals surface area contributed by atoms with Crippen LogP contribution in [0.1, 0.15) is 12.0 Å². The van der Waals surface area contributed by atoms with Crippen LogP contribution < -0.4 is 25.3 Å². The molecule has 0 fully saturated rings. The maximum Gasteiger partial charge on any atom is 0.193 e. The lowest BCUT2D eigenvalue weighted by molar-refractivity contribution is 0.297. The van der Waals surface area contributed by atoms with Gasteiger partial charge in [0.05, 0.1) is 31.9 Å². The number of hydrogen-bond donors (Lipinski definition) is 2. The summed E-state index contributed by atoms with van der Waals surface area (Å²) in [6, 6.07) is 11.1. The Bertz CT molecular complexity index is 780. The zero-order valence-electron chi connectivity index (χ0n) is 13.9. The molecular formula is C18H20ClN3O3. The van der Waals surface area contributed by atoms with Crippen molar-refractivity contribution in [1.82, 2.24) is 0 Å². The van der Waals surface area contributed by atoms with Gasteiger partial charge in [0.15, 0.2) is 17.5 Å². The Morgan fingerprint density at radius 3 is 2.76 bits per heavy atom. The highest BCUT2D eigenvalue weighted by atomic mass is 35.5. The Labute approximate surface area is 151 Å². The van der Waals surface area contributed by atoms with Gasteiger partial charge in [-0.1, -0.05) is 17.7 Å². The van der Waals surface area contributed by atoms with Crippen molar-refractivity contribution < 1.29 is 14.2 Å². The van der Waals surface area contributed by atoms with Crippen LogP contribution in [0.5, 0.6) is 17.2 Å². The average molecular weight is 362 g/mol. The van der Waals surface area contributed by atoms with E-state index in [-0.39, 0.29) is 0 Å². The number of guanidine groups is 1. The molecule has 0 spiro atoms. The van der Waals surface area contributed by atoms with Crippen molar-refractivity contribution >= 4 is 23.2 Å². The number of nitrogens with one attached hydrogen (secondary N) is 1. The van der Waals surface area contributed by atoms with Crippen molar-refractivity contribution in [3.05, 3.63) is 47.0 Å². The summed E-state index contributed by atoms with van der Waals surface area (Å²) in [7, 11) is 1.58. The van der Waals surface area contributed by atoms with Crippen molar-refractivity contribution in [2.24, 2.45) is 10.7 Å². The summed E-state index contributed by atoms with van der Waals surface area (Å²) in [6.07, 6.45) is 0.867. The van der Waals surface area contributed by atoms with Gasteiger partial charge in [-0.2, -0.15) is 0 Å². The molecule has 0 saturated heterocycles. The van der Waals surface area contributed by atoms with E-state index < -0.39 is 0 Å². The van der Waals surface area contributed by atoms with Crippen LogP contribution >= 0.6 is 11.6 Å². The van der Waals surface area contributed by atoms with E-state index in [1.807, 2.05) is 30.3 Å².